The van der Waals surface area contributed by atoms with E-state index in [0.717, 1.165) is 47.5 Å². The van der Waals surface area contributed by atoms with Crippen LogP contribution in [0, 0.1) is 0 Å². The zero-order valence-electron chi connectivity index (χ0n) is 15.9. The molecule has 0 saturated carbocycles. The molecule has 4 aromatic rings. The van der Waals surface area contributed by atoms with Crippen molar-refractivity contribution in [3.63, 3.8) is 0 Å². The number of unbranched alkanes of at least 4 members (excludes halogenated alkanes) is 1. The molecule has 0 amide bonds. The summed E-state index contributed by atoms with van der Waals surface area (Å²) in [5.74, 6) is 0.878. The van der Waals surface area contributed by atoms with Crippen LogP contribution in [0.2, 0.25) is 0 Å². The van der Waals surface area contributed by atoms with Gasteiger partial charge in [-0.2, -0.15) is 0 Å². The zero-order chi connectivity index (χ0) is 19.2. The fraction of sp³-hybridized carbons (Fsp3) is 0.208. The maximum atomic E-state index is 6.05. The predicted octanol–water partition coefficient (Wildman–Crippen LogP) is 5.09. The summed E-state index contributed by atoms with van der Waals surface area (Å²) in [4.78, 5) is 8.10. The third kappa shape index (κ3) is 4.07. The molecule has 0 aliphatic carbocycles. The number of benzene rings is 2. The van der Waals surface area contributed by atoms with Crippen LogP contribution in [-0.4, -0.2) is 16.5 Å². The van der Waals surface area contributed by atoms with Gasteiger partial charge in [-0.05, 0) is 67.3 Å². The van der Waals surface area contributed by atoms with Gasteiger partial charge in [-0.3, -0.25) is 4.98 Å². The maximum Gasteiger partial charge on any atom is 0.120 e. The van der Waals surface area contributed by atoms with E-state index >= 15 is 0 Å². The van der Waals surface area contributed by atoms with Gasteiger partial charge in [0, 0.05) is 17.1 Å². The Morgan fingerprint density at radius 3 is 2.57 bits per heavy atom. The molecule has 0 spiro atoms. The Kier molecular flexibility index (Phi) is 5.69. The maximum absolute atomic E-state index is 6.05. The predicted molar refractivity (Wildman–Crippen MR) is 114 cm³/mol. The van der Waals surface area contributed by atoms with E-state index in [4.69, 9.17) is 10.5 Å². The molecule has 0 aliphatic heterocycles. The zero-order valence-corrected chi connectivity index (χ0v) is 15.9. The minimum absolute atomic E-state index is 0.562. The first-order valence-electron chi connectivity index (χ1n) is 9.78. The van der Waals surface area contributed by atoms with Crippen molar-refractivity contribution in [3.05, 3.63) is 84.1 Å². The summed E-state index contributed by atoms with van der Waals surface area (Å²) in [6.45, 7) is 1.28. The molecule has 28 heavy (non-hydrogen) atoms. The Hall–Kier alpha value is -3.11. The number of aromatic nitrogens is 2. The number of nitrogens with two attached hydrogens (primary N) is 1. The van der Waals surface area contributed by atoms with Crippen molar-refractivity contribution in [1.29, 1.82) is 0 Å². The second-order valence-corrected chi connectivity index (χ2v) is 6.92. The first-order chi connectivity index (χ1) is 13.8. The highest BCUT2D eigenvalue weighted by molar-refractivity contribution is 5.91. The lowest BCUT2D eigenvalue weighted by atomic mass is 10.0. The summed E-state index contributed by atoms with van der Waals surface area (Å²) in [5.41, 5.74) is 11.3. The molecular formula is C24H25N3O. The van der Waals surface area contributed by atoms with E-state index in [0.29, 0.717) is 13.2 Å². The summed E-state index contributed by atoms with van der Waals surface area (Å²) in [6, 6.07) is 22.5. The smallest absolute Gasteiger partial charge is 0.120 e. The number of pyridine rings is 1. The number of nitrogens with zero attached hydrogens (tertiary/aromatic N) is 1. The number of hydrogen-bond donors (Lipinski definition) is 2. The van der Waals surface area contributed by atoms with Crippen LogP contribution >= 0.6 is 0 Å². The standard InChI is InChI=1S/C24H25N3O/c25-14-6-4-10-20-21-16-19(28-17-18-8-2-1-3-9-18)12-13-22(21)27-24(20)23-11-5-7-15-26-23/h1-3,5,7-9,11-13,15-16,27H,4,6,10,14,17,25H2. The fourth-order valence-electron chi connectivity index (χ4n) is 3.49. The number of nitrogens with one attached hydrogen (secondary N) is 1. The second-order valence-electron chi connectivity index (χ2n) is 6.92. The van der Waals surface area contributed by atoms with E-state index in [1.807, 2.05) is 48.7 Å². The van der Waals surface area contributed by atoms with Gasteiger partial charge in [0.25, 0.3) is 0 Å². The largest absolute Gasteiger partial charge is 0.489 e. The molecule has 0 aliphatic rings. The molecule has 4 nitrogen and oxygen atoms in total. The molecule has 2 aromatic carbocycles. The van der Waals surface area contributed by atoms with E-state index in [1.165, 1.54) is 10.9 Å². The van der Waals surface area contributed by atoms with E-state index in [-0.39, 0.29) is 0 Å². The SMILES string of the molecule is NCCCCc1c(-c2ccccn2)[nH]c2ccc(OCc3ccccc3)cc12. The molecule has 4 rings (SSSR count). The van der Waals surface area contributed by atoms with Gasteiger partial charge in [-0.15, -0.1) is 0 Å². The van der Waals surface area contributed by atoms with Gasteiger partial charge in [0.05, 0.1) is 11.4 Å². The Balaban J connectivity index is 1.67. The van der Waals surface area contributed by atoms with E-state index in [9.17, 15) is 0 Å². The summed E-state index contributed by atoms with van der Waals surface area (Å²) in [5, 5.41) is 1.20. The average Bonchev–Trinajstić information content (AvgIpc) is 3.12. The number of ether oxygens (including phenoxy) is 1. The third-order valence-electron chi connectivity index (χ3n) is 4.93. The third-order valence-corrected chi connectivity index (χ3v) is 4.93. The van der Waals surface area contributed by atoms with Crippen LogP contribution in [-0.2, 0) is 13.0 Å². The lowest BCUT2D eigenvalue weighted by molar-refractivity contribution is 0.306. The summed E-state index contributed by atoms with van der Waals surface area (Å²) < 4.78 is 6.05. The van der Waals surface area contributed by atoms with Crippen LogP contribution < -0.4 is 10.5 Å². The molecule has 3 N–H and O–H groups in total. The van der Waals surface area contributed by atoms with Gasteiger partial charge in [0.2, 0.25) is 0 Å². The molecule has 0 unspecified atom stereocenters. The molecule has 0 radical (unpaired) electrons. The Morgan fingerprint density at radius 2 is 1.79 bits per heavy atom. The molecule has 142 valence electrons. The first kappa shape index (κ1) is 18.3. The number of H-pyrrole nitrogens is 1. The Bertz CT molecular complexity index is 1030. The number of aryl methyl sites for hydroxylation is 1. The summed E-state index contributed by atoms with van der Waals surface area (Å²) in [7, 11) is 0. The van der Waals surface area contributed by atoms with Crippen LogP contribution in [0.4, 0.5) is 0 Å². The van der Waals surface area contributed by atoms with Crippen LogP contribution in [0.25, 0.3) is 22.3 Å². The van der Waals surface area contributed by atoms with Crippen molar-refractivity contribution in [1.82, 2.24) is 9.97 Å². The van der Waals surface area contributed by atoms with Gasteiger partial charge in [-0.25, -0.2) is 0 Å². The lowest BCUT2D eigenvalue weighted by Crippen LogP contribution is -1.99. The fourth-order valence-corrected chi connectivity index (χ4v) is 3.49. The van der Waals surface area contributed by atoms with E-state index in [1.54, 1.807) is 0 Å². The van der Waals surface area contributed by atoms with Crippen LogP contribution in [0.5, 0.6) is 5.75 Å². The molecule has 0 saturated heterocycles. The molecule has 0 fully saturated rings. The highest BCUT2D eigenvalue weighted by atomic mass is 16.5. The number of hydrogen-bond acceptors (Lipinski definition) is 3. The highest BCUT2D eigenvalue weighted by Crippen LogP contribution is 2.33. The van der Waals surface area contributed by atoms with E-state index < -0.39 is 0 Å². The van der Waals surface area contributed by atoms with Crippen LogP contribution in [0.15, 0.2) is 72.9 Å². The van der Waals surface area contributed by atoms with Crippen molar-refractivity contribution in [2.24, 2.45) is 5.73 Å². The average molecular weight is 371 g/mol. The monoisotopic (exact) mass is 371 g/mol. The topological polar surface area (TPSA) is 63.9 Å². The molecule has 2 aromatic heterocycles. The molecule has 0 atom stereocenters. The second kappa shape index (κ2) is 8.72. The lowest BCUT2D eigenvalue weighted by Gasteiger charge is -2.08. The van der Waals surface area contributed by atoms with E-state index in [2.05, 4.69) is 34.2 Å². The minimum atomic E-state index is 0.562. The van der Waals surface area contributed by atoms with Crippen LogP contribution in [0.1, 0.15) is 24.0 Å². The van der Waals surface area contributed by atoms with Crippen molar-refractivity contribution in [2.75, 3.05) is 6.54 Å². The Morgan fingerprint density at radius 1 is 0.929 bits per heavy atom. The van der Waals surface area contributed by atoms with Gasteiger partial charge in [0.15, 0.2) is 0 Å². The van der Waals surface area contributed by atoms with Crippen molar-refractivity contribution in [3.8, 4) is 17.1 Å². The number of aromatic amines is 1. The molecule has 0 bridgehead atoms. The highest BCUT2D eigenvalue weighted by Gasteiger charge is 2.14. The number of rotatable bonds is 8. The quantitative estimate of drug-likeness (QED) is 0.424. The van der Waals surface area contributed by atoms with Gasteiger partial charge in [-0.1, -0.05) is 36.4 Å². The minimum Gasteiger partial charge on any atom is -0.489 e. The first-order valence-corrected chi connectivity index (χ1v) is 9.78. The molecular weight excluding hydrogens is 346 g/mol. The van der Waals surface area contributed by atoms with Crippen molar-refractivity contribution < 1.29 is 4.74 Å². The number of fused-ring (bicyclic) bond motifs is 1. The molecule has 2 heterocycles. The molecule has 4 heteroatoms. The van der Waals surface area contributed by atoms with Gasteiger partial charge < -0.3 is 15.5 Å². The normalized spacial score (nSPS) is 11.0. The van der Waals surface area contributed by atoms with Crippen molar-refractivity contribution in [2.45, 2.75) is 25.9 Å². The summed E-state index contributed by atoms with van der Waals surface area (Å²) >= 11 is 0. The van der Waals surface area contributed by atoms with Gasteiger partial charge >= 0.3 is 0 Å². The van der Waals surface area contributed by atoms with Gasteiger partial charge in [0.1, 0.15) is 12.4 Å². The summed E-state index contributed by atoms with van der Waals surface area (Å²) in [6.07, 6.45) is 4.86. The Labute approximate surface area is 165 Å². The van der Waals surface area contributed by atoms with Crippen LogP contribution in [0.3, 0.4) is 0 Å². The van der Waals surface area contributed by atoms with Crippen molar-refractivity contribution >= 4 is 10.9 Å².